The number of aryl methyl sites for hydroxylation is 1. The van der Waals surface area contributed by atoms with E-state index in [4.69, 9.17) is 0 Å². The first-order valence-corrected chi connectivity index (χ1v) is 11.2. The van der Waals surface area contributed by atoms with Crippen LogP contribution in [-0.2, 0) is 6.42 Å². The van der Waals surface area contributed by atoms with Gasteiger partial charge in [-0.2, -0.15) is 0 Å². The van der Waals surface area contributed by atoms with Gasteiger partial charge in [0.2, 0.25) is 0 Å². The molecule has 0 aromatic heterocycles. The van der Waals surface area contributed by atoms with Crippen LogP contribution in [-0.4, -0.2) is 0 Å². The molecule has 0 nitrogen and oxygen atoms in total. The number of unbranched alkanes of at least 4 members (excludes halogenated alkanes) is 5. The fraction of sp³-hybridized carbons (Fsp3) is 0.364. The molecule has 0 spiro atoms. The second kappa shape index (κ2) is 8.84. The van der Waals surface area contributed by atoms with Crippen LogP contribution in [0.25, 0.3) is 21.5 Å². The van der Waals surface area contributed by atoms with Crippen molar-refractivity contribution >= 4 is 66.7 Å². The van der Waals surface area contributed by atoms with Crippen LogP contribution in [0, 0.1) is 7.14 Å². The molecule has 0 N–H and O–H groups in total. The lowest BCUT2D eigenvalue weighted by molar-refractivity contribution is 0.609. The predicted molar refractivity (Wildman–Crippen MR) is 124 cm³/mol. The van der Waals surface area contributed by atoms with Gasteiger partial charge in [-0.25, -0.2) is 0 Å². The molecule has 3 aromatic carbocycles. The molecule has 0 aliphatic rings. The summed E-state index contributed by atoms with van der Waals surface area (Å²) in [4.78, 5) is 0. The molecule has 0 saturated heterocycles. The Morgan fingerprint density at radius 1 is 0.667 bits per heavy atom. The summed E-state index contributed by atoms with van der Waals surface area (Å²) in [5, 5.41) is 5.72. The summed E-state index contributed by atoms with van der Waals surface area (Å²) < 4.78 is 2.71. The lowest BCUT2D eigenvalue weighted by Gasteiger charge is -2.14. The maximum Gasteiger partial charge on any atom is 0.0209 e. The molecular weight excluding hydrogens is 518 g/mol. The summed E-state index contributed by atoms with van der Waals surface area (Å²) >= 11 is 4.95. The van der Waals surface area contributed by atoms with E-state index in [9.17, 15) is 0 Å². The molecule has 0 saturated carbocycles. The summed E-state index contributed by atoms with van der Waals surface area (Å²) in [6.07, 6.45) is 9.33. The van der Waals surface area contributed by atoms with Crippen molar-refractivity contribution in [1.29, 1.82) is 0 Å². The van der Waals surface area contributed by atoms with Crippen LogP contribution in [0.4, 0.5) is 0 Å². The zero-order valence-corrected chi connectivity index (χ0v) is 18.6. The number of hydrogen-bond donors (Lipinski definition) is 0. The largest absolute Gasteiger partial charge is 0.0654 e. The van der Waals surface area contributed by atoms with Crippen molar-refractivity contribution in [2.45, 2.75) is 51.9 Å². The Kier molecular flexibility index (Phi) is 6.79. The van der Waals surface area contributed by atoms with Crippen molar-refractivity contribution in [1.82, 2.24) is 0 Å². The van der Waals surface area contributed by atoms with E-state index in [2.05, 4.69) is 94.6 Å². The number of halogens is 2. The highest BCUT2D eigenvalue weighted by Crippen LogP contribution is 2.34. The lowest BCUT2D eigenvalue weighted by atomic mass is 9.93. The second-order valence-electron chi connectivity index (χ2n) is 6.54. The van der Waals surface area contributed by atoms with Crippen LogP contribution in [0.2, 0.25) is 0 Å². The topological polar surface area (TPSA) is 0 Å². The molecule has 126 valence electrons. The van der Waals surface area contributed by atoms with E-state index in [-0.39, 0.29) is 0 Å². The van der Waals surface area contributed by atoms with Gasteiger partial charge in [-0.1, -0.05) is 63.3 Å². The maximum atomic E-state index is 2.48. The molecule has 0 aliphatic carbocycles. The van der Waals surface area contributed by atoms with Gasteiger partial charge in [0, 0.05) is 7.14 Å². The lowest BCUT2D eigenvalue weighted by Crippen LogP contribution is -1.93. The van der Waals surface area contributed by atoms with Crippen LogP contribution in [0.5, 0.6) is 0 Å². The van der Waals surface area contributed by atoms with E-state index in [1.165, 1.54) is 73.6 Å². The van der Waals surface area contributed by atoms with E-state index in [0.717, 1.165) is 0 Å². The Morgan fingerprint density at radius 2 is 1.21 bits per heavy atom. The molecule has 3 aromatic rings. The second-order valence-corrected chi connectivity index (χ2v) is 8.87. The van der Waals surface area contributed by atoms with Crippen molar-refractivity contribution in [2.24, 2.45) is 0 Å². The Morgan fingerprint density at radius 3 is 1.79 bits per heavy atom. The molecule has 0 fully saturated rings. The quantitative estimate of drug-likeness (QED) is 0.161. The minimum Gasteiger partial charge on any atom is -0.0654 e. The SMILES string of the molecule is CCCCCCCCc1c2cccc(I)c2cc2c(I)cccc12. The van der Waals surface area contributed by atoms with E-state index < -0.39 is 0 Å². The van der Waals surface area contributed by atoms with Crippen molar-refractivity contribution < 1.29 is 0 Å². The highest BCUT2D eigenvalue weighted by Gasteiger charge is 2.11. The molecular formula is C22H24I2. The van der Waals surface area contributed by atoms with Gasteiger partial charge >= 0.3 is 0 Å². The minimum atomic E-state index is 1.19. The fourth-order valence-corrected chi connectivity index (χ4v) is 4.84. The van der Waals surface area contributed by atoms with E-state index >= 15 is 0 Å². The number of benzene rings is 3. The monoisotopic (exact) mass is 542 g/mol. The van der Waals surface area contributed by atoms with Gasteiger partial charge in [0.15, 0.2) is 0 Å². The Balaban J connectivity index is 1.96. The zero-order chi connectivity index (χ0) is 16.9. The van der Waals surface area contributed by atoms with Crippen LogP contribution in [0.15, 0.2) is 42.5 Å². The average Bonchev–Trinajstić information content (AvgIpc) is 2.58. The molecule has 2 heteroatoms. The molecule has 24 heavy (non-hydrogen) atoms. The zero-order valence-electron chi connectivity index (χ0n) is 14.2. The van der Waals surface area contributed by atoms with Crippen LogP contribution < -0.4 is 0 Å². The van der Waals surface area contributed by atoms with Crippen LogP contribution in [0.1, 0.15) is 51.0 Å². The van der Waals surface area contributed by atoms with E-state index in [0.29, 0.717) is 0 Å². The van der Waals surface area contributed by atoms with Gasteiger partial charge in [-0.05, 0) is 103 Å². The predicted octanol–water partition coefficient (Wildman–Crippen LogP) is 8.11. The maximum absolute atomic E-state index is 2.48. The normalized spacial score (nSPS) is 11.5. The summed E-state index contributed by atoms with van der Waals surface area (Å²) in [6.45, 7) is 2.28. The molecule has 0 atom stereocenters. The standard InChI is InChI=1S/C22H24I2/c1-2-3-4-5-6-7-10-16-17-11-8-13-21(23)19(17)15-20-18(16)12-9-14-22(20)24/h8-9,11-15H,2-7,10H2,1H3. The summed E-state index contributed by atoms with van der Waals surface area (Å²) in [7, 11) is 0. The molecule has 3 rings (SSSR count). The number of hydrogen-bond acceptors (Lipinski definition) is 0. The molecule has 0 heterocycles. The van der Waals surface area contributed by atoms with Gasteiger partial charge in [0.1, 0.15) is 0 Å². The highest BCUT2D eigenvalue weighted by atomic mass is 127. The van der Waals surface area contributed by atoms with Gasteiger partial charge < -0.3 is 0 Å². The van der Waals surface area contributed by atoms with Crippen LogP contribution >= 0.6 is 45.2 Å². The van der Waals surface area contributed by atoms with Crippen molar-refractivity contribution in [2.75, 3.05) is 0 Å². The minimum absolute atomic E-state index is 1.19. The number of rotatable bonds is 7. The van der Waals surface area contributed by atoms with Crippen molar-refractivity contribution in [3.8, 4) is 0 Å². The van der Waals surface area contributed by atoms with Gasteiger partial charge in [0.05, 0.1) is 0 Å². The van der Waals surface area contributed by atoms with Crippen LogP contribution in [0.3, 0.4) is 0 Å². The Hall–Kier alpha value is -0.360. The molecule has 0 radical (unpaired) electrons. The van der Waals surface area contributed by atoms with E-state index in [1.54, 1.807) is 5.56 Å². The van der Waals surface area contributed by atoms with Gasteiger partial charge in [-0.15, -0.1) is 0 Å². The first-order valence-electron chi connectivity index (χ1n) is 9.00. The molecule has 0 bridgehead atoms. The summed E-state index contributed by atoms with van der Waals surface area (Å²) in [6, 6.07) is 15.9. The third kappa shape index (κ3) is 4.06. The summed E-state index contributed by atoms with van der Waals surface area (Å²) in [5.41, 5.74) is 1.55. The first kappa shape index (κ1) is 18.4. The fourth-order valence-electron chi connectivity index (χ4n) is 3.53. The van der Waals surface area contributed by atoms with Gasteiger partial charge in [0.25, 0.3) is 0 Å². The smallest absolute Gasteiger partial charge is 0.0209 e. The van der Waals surface area contributed by atoms with Crippen molar-refractivity contribution in [3.05, 3.63) is 55.2 Å². The summed E-state index contributed by atoms with van der Waals surface area (Å²) in [5.74, 6) is 0. The molecule has 0 aliphatic heterocycles. The average molecular weight is 542 g/mol. The third-order valence-corrected chi connectivity index (χ3v) is 6.71. The van der Waals surface area contributed by atoms with Gasteiger partial charge in [-0.3, -0.25) is 0 Å². The molecule has 0 amide bonds. The van der Waals surface area contributed by atoms with E-state index in [1.807, 2.05) is 0 Å². The first-order chi connectivity index (χ1) is 11.7. The highest BCUT2D eigenvalue weighted by molar-refractivity contribution is 14.1. The Labute approximate surface area is 172 Å². The molecule has 0 unspecified atom stereocenters. The Bertz CT molecular complexity index is 776. The number of fused-ring (bicyclic) bond motifs is 2. The third-order valence-electron chi connectivity index (χ3n) is 4.83. The van der Waals surface area contributed by atoms with Crippen molar-refractivity contribution in [3.63, 3.8) is 0 Å².